The minimum Gasteiger partial charge on any atom is -0.425 e. The van der Waals surface area contributed by atoms with Crippen LogP contribution >= 0.6 is 0 Å². The molecular formula is C12H19N3O3. The number of carbonyl (C=O) groups excluding carboxylic acids is 1. The maximum atomic E-state index is 11.1. The molecule has 2 unspecified atom stereocenters. The molecule has 3 rings (SSSR count). The zero-order valence-electron chi connectivity index (χ0n) is 10.7. The van der Waals surface area contributed by atoms with Crippen molar-refractivity contribution in [2.75, 3.05) is 13.7 Å². The predicted octanol–water partition coefficient (Wildman–Crippen LogP) is 1.00. The lowest BCUT2D eigenvalue weighted by Gasteiger charge is -2.61. The molecule has 2 N–H and O–H groups in total. The molecule has 3 atom stereocenters. The molecule has 0 aromatic rings. The van der Waals surface area contributed by atoms with Gasteiger partial charge in [0, 0.05) is 19.6 Å². The molecule has 0 radical (unpaired) electrons. The van der Waals surface area contributed by atoms with Crippen molar-refractivity contribution in [1.82, 2.24) is 4.90 Å². The fraction of sp³-hybridized carbons (Fsp3) is 0.750. The molecular weight excluding hydrogens is 234 g/mol. The van der Waals surface area contributed by atoms with E-state index in [2.05, 4.69) is 6.92 Å². The van der Waals surface area contributed by atoms with Gasteiger partial charge in [-0.2, -0.15) is 0 Å². The van der Waals surface area contributed by atoms with E-state index >= 15 is 0 Å². The summed E-state index contributed by atoms with van der Waals surface area (Å²) in [6.45, 7) is 2.16. The topological polar surface area (TPSA) is 86.5 Å². The Morgan fingerprint density at radius 1 is 1.50 bits per heavy atom. The number of methoxy groups -OCH3 is 1. The van der Waals surface area contributed by atoms with Crippen LogP contribution in [-0.4, -0.2) is 48.4 Å². The molecule has 3 aliphatic rings. The zero-order chi connectivity index (χ0) is 13.3. The Hall–Kier alpha value is -1.43. The maximum Gasteiger partial charge on any atom is 0.215 e. The number of carbonyl (C=O) groups is 1. The lowest BCUT2D eigenvalue weighted by molar-refractivity contribution is -0.146. The van der Waals surface area contributed by atoms with Crippen molar-refractivity contribution in [3.05, 3.63) is 0 Å². The first-order chi connectivity index (χ1) is 8.53. The molecule has 0 aromatic heterocycles. The van der Waals surface area contributed by atoms with Crippen LogP contribution in [0.4, 0.5) is 0 Å². The van der Waals surface area contributed by atoms with Crippen molar-refractivity contribution in [2.45, 2.75) is 37.8 Å². The third-order valence-electron chi connectivity index (χ3n) is 3.86. The Kier molecular flexibility index (Phi) is 3.38. The van der Waals surface area contributed by atoms with Gasteiger partial charge in [0.05, 0.1) is 0 Å². The van der Waals surface area contributed by atoms with Crippen LogP contribution in [0.5, 0.6) is 0 Å². The molecule has 6 heteroatoms. The van der Waals surface area contributed by atoms with Crippen LogP contribution in [0.3, 0.4) is 0 Å². The third kappa shape index (κ3) is 1.90. The van der Waals surface area contributed by atoms with Gasteiger partial charge in [0.25, 0.3) is 0 Å². The van der Waals surface area contributed by atoms with Gasteiger partial charge in [-0.05, 0) is 18.8 Å². The van der Waals surface area contributed by atoms with Crippen molar-refractivity contribution in [3.63, 3.8) is 0 Å². The number of fused-ring (bicyclic) bond motifs is 2. The van der Waals surface area contributed by atoms with Crippen LogP contribution in [0.2, 0.25) is 0 Å². The highest BCUT2D eigenvalue weighted by atomic mass is 16.5. The summed E-state index contributed by atoms with van der Waals surface area (Å²) in [6.07, 6.45) is 3.30. The lowest BCUT2D eigenvalue weighted by Crippen LogP contribution is -2.73. The highest BCUT2D eigenvalue weighted by Gasteiger charge is 2.59. The minimum absolute atomic E-state index is 0.000509. The SMILES string of the molecule is COCC(=N)OC(=N)C12CC(C)C[C@H](C1)N2C=O. The van der Waals surface area contributed by atoms with Crippen LogP contribution in [0, 0.1) is 16.7 Å². The van der Waals surface area contributed by atoms with Gasteiger partial charge in [-0.25, -0.2) is 0 Å². The van der Waals surface area contributed by atoms with Crippen molar-refractivity contribution in [2.24, 2.45) is 5.92 Å². The Balaban J connectivity index is 2.07. The van der Waals surface area contributed by atoms with Gasteiger partial charge in [0.15, 0.2) is 0 Å². The van der Waals surface area contributed by atoms with Gasteiger partial charge in [-0.15, -0.1) is 0 Å². The molecule has 2 heterocycles. The van der Waals surface area contributed by atoms with E-state index < -0.39 is 5.54 Å². The average Bonchev–Trinajstić information content (AvgIpc) is 2.28. The fourth-order valence-electron chi connectivity index (χ4n) is 3.21. The van der Waals surface area contributed by atoms with Gasteiger partial charge in [0.2, 0.25) is 18.2 Å². The van der Waals surface area contributed by atoms with Gasteiger partial charge in [-0.1, -0.05) is 6.92 Å². The Morgan fingerprint density at radius 2 is 2.22 bits per heavy atom. The normalized spacial score (nSPS) is 33.6. The summed E-state index contributed by atoms with van der Waals surface area (Å²) in [5, 5.41) is 15.6. The summed E-state index contributed by atoms with van der Waals surface area (Å²) < 4.78 is 9.98. The van der Waals surface area contributed by atoms with Crippen molar-refractivity contribution >= 4 is 18.2 Å². The average molecular weight is 253 g/mol. The van der Waals surface area contributed by atoms with E-state index in [0.29, 0.717) is 5.92 Å². The molecule has 0 spiro atoms. The number of piperidine rings is 1. The molecule has 6 nitrogen and oxygen atoms in total. The number of rotatable bonds is 4. The number of hydrogen-bond donors (Lipinski definition) is 2. The highest BCUT2D eigenvalue weighted by molar-refractivity contribution is 5.96. The lowest BCUT2D eigenvalue weighted by atomic mass is 9.64. The van der Waals surface area contributed by atoms with E-state index in [1.165, 1.54) is 7.11 Å². The van der Waals surface area contributed by atoms with Crippen LogP contribution in [-0.2, 0) is 14.3 Å². The second kappa shape index (κ2) is 4.68. The molecule has 0 aromatic carbocycles. The number of ether oxygens (including phenoxy) is 2. The predicted molar refractivity (Wildman–Crippen MR) is 65.9 cm³/mol. The molecule has 3 fully saturated rings. The molecule has 1 amide bonds. The van der Waals surface area contributed by atoms with Gasteiger partial charge < -0.3 is 14.4 Å². The Bertz CT molecular complexity index is 385. The van der Waals surface area contributed by atoms with Crippen molar-refractivity contribution in [3.8, 4) is 0 Å². The van der Waals surface area contributed by atoms with Crippen molar-refractivity contribution < 1.29 is 14.3 Å². The number of amides is 1. The maximum absolute atomic E-state index is 11.1. The first-order valence-corrected chi connectivity index (χ1v) is 6.10. The molecule has 1 saturated carbocycles. The standard InChI is InChI=1S/C12H19N3O3/c1-8-3-9-5-12(4-8,15(9)7-16)11(14)18-10(13)6-17-2/h7-9,13-14H,3-6H2,1-2H3/t8?,9-,12?/m1/s1. The first kappa shape index (κ1) is 13.0. The second-order valence-electron chi connectivity index (χ2n) is 5.23. The molecule has 2 aliphatic heterocycles. The molecule has 100 valence electrons. The van der Waals surface area contributed by atoms with E-state index in [1.54, 1.807) is 4.90 Å². The quantitative estimate of drug-likeness (QED) is 0.445. The largest absolute Gasteiger partial charge is 0.425 e. The zero-order valence-corrected chi connectivity index (χ0v) is 10.7. The van der Waals surface area contributed by atoms with E-state index in [-0.39, 0.29) is 24.4 Å². The van der Waals surface area contributed by atoms with Gasteiger partial charge in [-0.3, -0.25) is 15.6 Å². The Morgan fingerprint density at radius 3 is 2.83 bits per heavy atom. The first-order valence-electron chi connectivity index (χ1n) is 6.10. The smallest absolute Gasteiger partial charge is 0.215 e. The fourth-order valence-corrected chi connectivity index (χ4v) is 3.21. The number of nitrogens with zero attached hydrogens (tertiary/aromatic N) is 1. The summed E-state index contributed by atoms with van der Waals surface area (Å²) in [5.41, 5.74) is -0.621. The van der Waals surface area contributed by atoms with E-state index in [9.17, 15) is 4.79 Å². The highest BCUT2D eigenvalue weighted by Crippen LogP contribution is 2.49. The van der Waals surface area contributed by atoms with Gasteiger partial charge >= 0.3 is 0 Å². The van der Waals surface area contributed by atoms with Crippen LogP contribution in [0.25, 0.3) is 0 Å². The molecule has 2 saturated heterocycles. The third-order valence-corrected chi connectivity index (χ3v) is 3.86. The van der Waals surface area contributed by atoms with Crippen LogP contribution < -0.4 is 0 Å². The number of hydrogen-bond acceptors (Lipinski definition) is 5. The van der Waals surface area contributed by atoms with Crippen LogP contribution in [0.1, 0.15) is 26.2 Å². The minimum atomic E-state index is -0.621. The number of nitrogens with one attached hydrogen (secondary N) is 2. The summed E-state index contributed by atoms with van der Waals surface area (Å²) in [7, 11) is 1.47. The van der Waals surface area contributed by atoms with E-state index in [4.69, 9.17) is 20.3 Å². The van der Waals surface area contributed by atoms with E-state index in [1.807, 2.05) is 0 Å². The monoisotopic (exact) mass is 253 g/mol. The molecule has 2 bridgehead atoms. The summed E-state index contributed by atoms with van der Waals surface area (Å²) in [4.78, 5) is 12.8. The summed E-state index contributed by atoms with van der Waals surface area (Å²) in [6, 6.07) is 0.229. The summed E-state index contributed by atoms with van der Waals surface area (Å²) >= 11 is 0. The van der Waals surface area contributed by atoms with Crippen LogP contribution in [0.15, 0.2) is 0 Å². The van der Waals surface area contributed by atoms with E-state index in [0.717, 1.165) is 25.7 Å². The van der Waals surface area contributed by atoms with Crippen molar-refractivity contribution in [1.29, 1.82) is 10.8 Å². The Labute approximate surface area is 106 Å². The molecule has 1 aliphatic carbocycles. The second-order valence-corrected chi connectivity index (χ2v) is 5.23. The molecule has 18 heavy (non-hydrogen) atoms. The summed E-state index contributed by atoms with van der Waals surface area (Å²) in [5.74, 6) is 0.379. The van der Waals surface area contributed by atoms with Gasteiger partial charge in [0.1, 0.15) is 12.1 Å².